The Hall–Kier alpha value is -2.37. The maximum Gasteiger partial charge on any atom is 0.338 e. The second-order valence-electron chi connectivity index (χ2n) is 6.98. The number of ether oxygens (including phenoxy) is 1. The summed E-state index contributed by atoms with van der Waals surface area (Å²) in [5.74, 6) is -0.531. The second-order valence-corrected chi connectivity index (χ2v) is 6.98. The van der Waals surface area contributed by atoms with Crippen molar-refractivity contribution in [1.29, 1.82) is 0 Å². The third-order valence-electron chi connectivity index (χ3n) is 5.04. The smallest absolute Gasteiger partial charge is 0.338 e. The maximum absolute atomic E-state index is 12.5. The van der Waals surface area contributed by atoms with Gasteiger partial charge in [0.15, 0.2) is 6.10 Å². The molecule has 2 amide bonds. The highest BCUT2D eigenvalue weighted by Crippen LogP contribution is 2.22. The third-order valence-corrected chi connectivity index (χ3v) is 5.04. The van der Waals surface area contributed by atoms with Gasteiger partial charge in [0.2, 0.25) is 5.91 Å². The predicted octanol–water partition coefficient (Wildman–Crippen LogP) is 2.76. The summed E-state index contributed by atoms with van der Waals surface area (Å²) in [5, 5.41) is 0. The topological polar surface area (TPSA) is 66.9 Å². The van der Waals surface area contributed by atoms with Gasteiger partial charge in [-0.1, -0.05) is 12.8 Å². The lowest BCUT2D eigenvalue weighted by Crippen LogP contribution is -2.40. The first kappa shape index (κ1) is 18.4. The molecule has 26 heavy (non-hydrogen) atoms. The summed E-state index contributed by atoms with van der Waals surface area (Å²) in [6.45, 7) is 3.81. The largest absolute Gasteiger partial charge is 0.449 e. The molecule has 2 aliphatic heterocycles. The van der Waals surface area contributed by atoms with E-state index in [4.69, 9.17) is 4.74 Å². The van der Waals surface area contributed by atoms with Gasteiger partial charge in [0, 0.05) is 31.7 Å². The van der Waals surface area contributed by atoms with E-state index in [0.29, 0.717) is 18.5 Å². The number of benzene rings is 1. The number of hydrogen-bond donors (Lipinski definition) is 0. The maximum atomic E-state index is 12.5. The molecule has 3 rings (SSSR count). The highest BCUT2D eigenvalue weighted by molar-refractivity contribution is 5.96. The molecular weight excluding hydrogens is 332 g/mol. The van der Waals surface area contributed by atoms with Gasteiger partial charge in [0.25, 0.3) is 5.91 Å². The Morgan fingerprint density at radius 1 is 0.962 bits per heavy atom. The first-order valence-electron chi connectivity index (χ1n) is 9.46. The molecule has 2 saturated heterocycles. The molecule has 0 aliphatic carbocycles. The standard InChI is InChI=1S/C20H26N2O4/c1-15(19(24)21-12-4-2-3-5-13-21)26-20(25)16-8-10-17(11-9-16)22-14-6-7-18(22)23/h8-11,15H,2-7,12-14H2,1H3. The Morgan fingerprint density at radius 2 is 1.62 bits per heavy atom. The number of rotatable bonds is 4. The van der Waals surface area contributed by atoms with Crippen molar-refractivity contribution in [3.8, 4) is 0 Å². The van der Waals surface area contributed by atoms with Crippen molar-refractivity contribution < 1.29 is 19.1 Å². The molecule has 6 nitrogen and oxygen atoms in total. The minimum absolute atomic E-state index is 0.108. The van der Waals surface area contributed by atoms with E-state index in [9.17, 15) is 14.4 Å². The number of likely N-dealkylation sites (tertiary alicyclic amines) is 1. The van der Waals surface area contributed by atoms with E-state index in [-0.39, 0.29) is 11.8 Å². The summed E-state index contributed by atoms with van der Waals surface area (Å²) in [5.41, 5.74) is 1.17. The fraction of sp³-hybridized carbons (Fsp3) is 0.550. The number of amides is 2. The highest BCUT2D eigenvalue weighted by atomic mass is 16.5. The SMILES string of the molecule is CC(OC(=O)c1ccc(N2CCCC2=O)cc1)C(=O)N1CCCCCC1. The van der Waals surface area contributed by atoms with Crippen LogP contribution >= 0.6 is 0 Å². The molecule has 0 spiro atoms. The van der Waals surface area contributed by atoms with Gasteiger partial charge in [0.1, 0.15) is 0 Å². The van der Waals surface area contributed by atoms with Crippen LogP contribution in [0.25, 0.3) is 0 Å². The van der Waals surface area contributed by atoms with Gasteiger partial charge in [0.05, 0.1) is 5.56 Å². The average Bonchev–Trinajstić information content (AvgIpc) is 2.91. The number of carbonyl (C=O) groups excluding carboxylic acids is 3. The number of hydrogen-bond acceptors (Lipinski definition) is 4. The molecule has 1 aromatic rings. The molecule has 0 bridgehead atoms. The average molecular weight is 358 g/mol. The Kier molecular flexibility index (Phi) is 5.91. The minimum Gasteiger partial charge on any atom is -0.449 e. The summed E-state index contributed by atoms with van der Waals surface area (Å²) in [7, 11) is 0. The monoisotopic (exact) mass is 358 g/mol. The van der Waals surface area contributed by atoms with Crippen LogP contribution in [0.1, 0.15) is 55.8 Å². The highest BCUT2D eigenvalue weighted by Gasteiger charge is 2.25. The summed E-state index contributed by atoms with van der Waals surface area (Å²) < 4.78 is 5.37. The van der Waals surface area contributed by atoms with Crippen molar-refractivity contribution in [2.24, 2.45) is 0 Å². The summed E-state index contributed by atoms with van der Waals surface area (Å²) in [6.07, 6.45) is 4.93. The van der Waals surface area contributed by atoms with Crippen LogP contribution in [0.5, 0.6) is 0 Å². The molecule has 0 radical (unpaired) electrons. The molecule has 140 valence electrons. The zero-order valence-electron chi connectivity index (χ0n) is 15.3. The van der Waals surface area contributed by atoms with E-state index in [1.807, 2.05) is 0 Å². The van der Waals surface area contributed by atoms with E-state index in [0.717, 1.165) is 50.9 Å². The van der Waals surface area contributed by atoms with Gasteiger partial charge in [-0.05, 0) is 50.5 Å². The molecule has 0 N–H and O–H groups in total. The zero-order valence-corrected chi connectivity index (χ0v) is 15.3. The summed E-state index contributed by atoms with van der Waals surface area (Å²) in [4.78, 5) is 40.1. The number of esters is 1. The van der Waals surface area contributed by atoms with Crippen molar-refractivity contribution in [3.05, 3.63) is 29.8 Å². The van der Waals surface area contributed by atoms with Crippen LogP contribution < -0.4 is 4.90 Å². The zero-order chi connectivity index (χ0) is 18.5. The molecule has 6 heteroatoms. The van der Waals surface area contributed by atoms with Crippen LogP contribution in [-0.2, 0) is 14.3 Å². The van der Waals surface area contributed by atoms with E-state index >= 15 is 0 Å². The Labute approximate surface area is 154 Å². The second kappa shape index (κ2) is 8.34. The number of anilines is 1. The van der Waals surface area contributed by atoms with Crippen LogP contribution in [0.2, 0.25) is 0 Å². The van der Waals surface area contributed by atoms with E-state index in [1.165, 1.54) is 0 Å². The van der Waals surface area contributed by atoms with Gasteiger partial charge in [-0.3, -0.25) is 9.59 Å². The molecule has 1 aromatic carbocycles. The van der Waals surface area contributed by atoms with Gasteiger partial charge >= 0.3 is 5.97 Å². The van der Waals surface area contributed by atoms with Crippen LogP contribution in [-0.4, -0.2) is 48.4 Å². The first-order valence-corrected chi connectivity index (χ1v) is 9.46. The molecule has 2 heterocycles. The fourth-order valence-electron chi connectivity index (χ4n) is 3.53. The predicted molar refractivity (Wildman–Crippen MR) is 98.0 cm³/mol. The van der Waals surface area contributed by atoms with E-state index < -0.39 is 12.1 Å². The molecule has 1 atom stereocenters. The van der Waals surface area contributed by atoms with Crippen LogP contribution in [0, 0.1) is 0 Å². The molecule has 0 aromatic heterocycles. The summed E-state index contributed by atoms with van der Waals surface area (Å²) in [6, 6.07) is 6.79. The van der Waals surface area contributed by atoms with Crippen molar-refractivity contribution in [1.82, 2.24) is 4.90 Å². The van der Waals surface area contributed by atoms with Gasteiger partial charge in [-0.2, -0.15) is 0 Å². The Bertz CT molecular complexity index is 663. The van der Waals surface area contributed by atoms with E-state index in [1.54, 1.807) is 41.0 Å². The lowest BCUT2D eigenvalue weighted by Gasteiger charge is -2.24. The first-order chi connectivity index (χ1) is 12.6. The number of carbonyl (C=O) groups is 3. The molecule has 1 unspecified atom stereocenters. The van der Waals surface area contributed by atoms with Gasteiger partial charge in [-0.15, -0.1) is 0 Å². The van der Waals surface area contributed by atoms with Gasteiger partial charge in [-0.25, -0.2) is 4.79 Å². The van der Waals surface area contributed by atoms with Crippen molar-refractivity contribution in [2.75, 3.05) is 24.5 Å². The third kappa shape index (κ3) is 4.23. The molecule has 2 fully saturated rings. The molecule has 2 aliphatic rings. The number of nitrogens with zero attached hydrogens (tertiary/aromatic N) is 2. The van der Waals surface area contributed by atoms with Gasteiger partial charge < -0.3 is 14.5 Å². The molecular formula is C20H26N2O4. The van der Waals surface area contributed by atoms with Crippen molar-refractivity contribution in [2.45, 2.75) is 51.6 Å². The van der Waals surface area contributed by atoms with E-state index in [2.05, 4.69) is 0 Å². The Morgan fingerprint density at radius 3 is 2.19 bits per heavy atom. The molecule has 0 saturated carbocycles. The van der Waals surface area contributed by atoms with Crippen LogP contribution in [0.4, 0.5) is 5.69 Å². The van der Waals surface area contributed by atoms with Crippen molar-refractivity contribution >= 4 is 23.5 Å². The van der Waals surface area contributed by atoms with Crippen LogP contribution in [0.3, 0.4) is 0 Å². The Balaban J connectivity index is 1.58. The minimum atomic E-state index is -0.791. The summed E-state index contributed by atoms with van der Waals surface area (Å²) >= 11 is 0. The lowest BCUT2D eigenvalue weighted by molar-refractivity contribution is -0.139. The van der Waals surface area contributed by atoms with Crippen molar-refractivity contribution in [3.63, 3.8) is 0 Å². The lowest BCUT2D eigenvalue weighted by atomic mass is 10.2. The fourth-order valence-corrected chi connectivity index (χ4v) is 3.53. The normalized spacial score (nSPS) is 19.2. The quantitative estimate of drug-likeness (QED) is 0.776. The van der Waals surface area contributed by atoms with Crippen LogP contribution in [0.15, 0.2) is 24.3 Å².